The van der Waals surface area contributed by atoms with Gasteiger partial charge in [0, 0.05) is 11.6 Å². The van der Waals surface area contributed by atoms with E-state index in [1.54, 1.807) is 13.0 Å². The third-order valence-corrected chi connectivity index (χ3v) is 4.51. The fourth-order valence-electron chi connectivity index (χ4n) is 2.63. The summed E-state index contributed by atoms with van der Waals surface area (Å²) in [6.45, 7) is 3.72. The number of anilines is 2. The first-order valence-corrected chi connectivity index (χ1v) is 8.90. The molecule has 0 saturated carbocycles. The molecule has 2 aromatic heterocycles. The van der Waals surface area contributed by atoms with Gasteiger partial charge in [-0.15, -0.1) is 0 Å². The molecule has 0 amide bonds. The molecule has 0 aliphatic heterocycles. The predicted octanol–water partition coefficient (Wildman–Crippen LogP) is 2.96. The molecule has 2 heterocycles. The van der Waals surface area contributed by atoms with Crippen molar-refractivity contribution < 1.29 is 12.8 Å². The molecule has 0 saturated heterocycles. The molecule has 0 bridgehead atoms. The quantitative estimate of drug-likeness (QED) is 0.675. The van der Waals surface area contributed by atoms with Crippen molar-refractivity contribution in [3.8, 4) is 0 Å². The monoisotopic (exact) mass is 348 g/mol. The molecular formula is C16H17FN4O2S. The summed E-state index contributed by atoms with van der Waals surface area (Å²) in [6, 6.07) is 5.84. The highest BCUT2D eigenvalue weighted by Crippen LogP contribution is 2.29. The van der Waals surface area contributed by atoms with E-state index < -0.39 is 15.8 Å². The summed E-state index contributed by atoms with van der Waals surface area (Å²) in [6.07, 6.45) is 2.59. The van der Waals surface area contributed by atoms with Gasteiger partial charge in [0.15, 0.2) is 5.03 Å². The van der Waals surface area contributed by atoms with Gasteiger partial charge in [0.1, 0.15) is 11.6 Å². The summed E-state index contributed by atoms with van der Waals surface area (Å²) < 4.78 is 37.0. The molecule has 6 nitrogen and oxygen atoms in total. The summed E-state index contributed by atoms with van der Waals surface area (Å²) in [7, 11) is -3.92. The summed E-state index contributed by atoms with van der Waals surface area (Å²) >= 11 is 0. The van der Waals surface area contributed by atoms with Gasteiger partial charge in [-0.1, -0.05) is 6.92 Å². The topological polar surface area (TPSA) is 101 Å². The second-order valence-electron chi connectivity index (χ2n) is 5.58. The van der Waals surface area contributed by atoms with Gasteiger partial charge in [-0.3, -0.25) is 0 Å². The smallest absolute Gasteiger partial charge is 0.255 e. The number of H-pyrrole nitrogens is 1. The number of halogens is 1. The van der Waals surface area contributed by atoms with Crippen molar-refractivity contribution in [2.24, 2.45) is 5.14 Å². The van der Waals surface area contributed by atoms with Crippen LogP contribution in [0.1, 0.15) is 18.1 Å². The van der Waals surface area contributed by atoms with E-state index in [9.17, 15) is 12.8 Å². The molecule has 0 aliphatic carbocycles. The fourth-order valence-corrected chi connectivity index (χ4v) is 3.20. The second kappa shape index (κ2) is 5.88. The number of nitrogens with zero attached hydrogens (tertiary/aromatic N) is 1. The Morgan fingerprint density at radius 3 is 2.71 bits per heavy atom. The van der Waals surface area contributed by atoms with E-state index in [-0.39, 0.29) is 10.8 Å². The molecule has 1 aromatic carbocycles. The highest BCUT2D eigenvalue weighted by atomic mass is 32.2. The average molecular weight is 348 g/mol. The van der Waals surface area contributed by atoms with Crippen molar-refractivity contribution in [3.63, 3.8) is 0 Å². The summed E-state index contributed by atoms with van der Waals surface area (Å²) in [5.41, 5.74) is 2.87. The molecule has 0 unspecified atom stereocenters. The number of primary sulfonamides is 1. The number of nitrogens with one attached hydrogen (secondary N) is 2. The van der Waals surface area contributed by atoms with Crippen LogP contribution in [0.5, 0.6) is 0 Å². The summed E-state index contributed by atoms with van der Waals surface area (Å²) in [5.74, 6) is -0.114. The number of aromatic nitrogens is 2. The first kappa shape index (κ1) is 16.4. The maximum atomic E-state index is 14.0. The Hall–Kier alpha value is -2.45. The van der Waals surface area contributed by atoms with Crippen molar-refractivity contribution in [2.75, 3.05) is 5.32 Å². The molecule has 3 aromatic rings. The maximum Gasteiger partial charge on any atom is 0.255 e. The van der Waals surface area contributed by atoms with Crippen LogP contribution in [0.2, 0.25) is 0 Å². The van der Waals surface area contributed by atoms with Gasteiger partial charge in [0.2, 0.25) is 0 Å². The number of rotatable bonds is 4. The van der Waals surface area contributed by atoms with Crippen molar-refractivity contribution in [1.82, 2.24) is 9.97 Å². The molecule has 126 valence electrons. The number of hydrogen-bond acceptors (Lipinski definition) is 4. The van der Waals surface area contributed by atoms with Crippen molar-refractivity contribution >= 4 is 32.4 Å². The van der Waals surface area contributed by atoms with Gasteiger partial charge in [-0.05, 0) is 48.7 Å². The molecule has 24 heavy (non-hydrogen) atoms. The molecular weight excluding hydrogens is 331 g/mol. The number of benzene rings is 1. The first-order chi connectivity index (χ1) is 11.3. The summed E-state index contributed by atoms with van der Waals surface area (Å²) in [5, 5.41) is 8.66. The Kier molecular flexibility index (Phi) is 4.02. The third-order valence-electron chi connectivity index (χ3n) is 3.72. The van der Waals surface area contributed by atoms with E-state index in [0.717, 1.165) is 22.9 Å². The van der Waals surface area contributed by atoms with Gasteiger partial charge in [0.25, 0.3) is 10.0 Å². The molecule has 0 atom stereocenters. The minimum Gasteiger partial charge on any atom is -0.359 e. The van der Waals surface area contributed by atoms with E-state index in [1.807, 2.05) is 13.1 Å². The van der Waals surface area contributed by atoms with Crippen LogP contribution in [0.4, 0.5) is 15.9 Å². The van der Waals surface area contributed by atoms with Crippen molar-refractivity contribution in [3.05, 3.63) is 47.4 Å². The molecule has 8 heteroatoms. The minimum absolute atomic E-state index is 0.238. The normalized spacial score (nSPS) is 11.8. The zero-order chi connectivity index (χ0) is 17.5. The molecule has 4 N–H and O–H groups in total. The van der Waals surface area contributed by atoms with Gasteiger partial charge in [0.05, 0.1) is 11.2 Å². The van der Waals surface area contributed by atoms with E-state index in [0.29, 0.717) is 11.3 Å². The number of aromatic amines is 1. The Bertz CT molecular complexity index is 1030. The van der Waals surface area contributed by atoms with Crippen LogP contribution in [0.15, 0.2) is 35.5 Å². The molecule has 0 fully saturated rings. The van der Waals surface area contributed by atoms with Gasteiger partial charge in [-0.2, -0.15) is 0 Å². The average Bonchev–Trinajstić information content (AvgIpc) is 2.88. The highest BCUT2D eigenvalue weighted by Gasteiger charge is 2.14. The number of aryl methyl sites for hydroxylation is 2. The number of nitrogens with two attached hydrogens (primary N) is 1. The van der Waals surface area contributed by atoms with Crippen LogP contribution in [0.3, 0.4) is 0 Å². The Balaban J connectivity index is 2.11. The molecule has 0 spiro atoms. The fraction of sp³-hybridized carbons (Fsp3) is 0.188. The minimum atomic E-state index is -3.92. The standard InChI is InChI=1S/C16H17FN4O2S/c1-3-10-8-19-16-12(10)6-11(17)7-13(16)20-14-4-9(2)5-15(21-14)24(18,22)23/h4-8,19H,3H2,1-2H3,(H,20,21)(H2,18,22,23). The van der Waals surface area contributed by atoms with E-state index in [4.69, 9.17) is 5.14 Å². The number of hydrogen-bond donors (Lipinski definition) is 3. The van der Waals surface area contributed by atoms with Gasteiger partial charge in [-0.25, -0.2) is 22.9 Å². The van der Waals surface area contributed by atoms with E-state index in [2.05, 4.69) is 15.3 Å². The number of fused-ring (bicyclic) bond motifs is 1. The highest BCUT2D eigenvalue weighted by molar-refractivity contribution is 7.89. The third kappa shape index (κ3) is 3.10. The molecule has 0 aliphatic rings. The zero-order valence-electron chi connectivity index (χ0n) is 13.2. The predicted molar refractivity (Wildman–Crippen MR) is 91.3 cm³/mol. The molecule has 0 radical (unpaired) electrons. The van der Waals surface area contributed by atoms with Crippen LogP contribution < -0.4 is 10.5 Å². The Morgan fingerprint density at radius 1 is 1.29 bits per heavy atom. The van der Waals surface area contributed by atoms with Crippen LogP contribution >= 0.6 is 0 Å². The lowest BCUT2D eigenvalue weighted by Crippen LogP contribution is -2.15. The van der Waals surface area contributed by atoms with Crippen LogP contribution in [-0.4, -0.2) is 18.4 Å². The summed E-state index contributed by atoms with van der Waals surface area (Å²) in [4.78, 5) is 7.12. The van der Waals surface area contributed by atoms with E-state index in [1.165, 1.54) is 18.2 Å². The van der Waals surface area contributed by atoms with Gasteiger partial charge < -0.3 is 10.3 Å². The second-order valence-corrected chi connectivity index (χ2v) is 7.09. The lowest BCUT2D eigenvalue weighted by atomic mass is 10.1. The molecule has 3 rings (SSSR count). The van der Waals surface area contributed by atoms with Gasteiger partial charge >= 0.3 is 0 Å². The van der Waals surface area contributed by atoms with Crippen molar-refractivity contribution in [1.29, 1.82) is 0 Å². The van der Waals surface area contributed by atoms with Crippen LogP contribution in [0, 0.1) is 12.7 Å². The van der Waals surface area contributed by atoms with Crippen LogP contribution in [0.25, 0.3) is 10.9 Å². The lowest BCUT2D eigenvalue weighted by molar-refractivity contribution is 0.594. The lowest BCUT2D eigenvalue weighted by Gasteiger charge is -2.10. The van der Waals surface area contributed by atoms with Crippen LogP contribution in [-0.2, 0) is 16.4 Å². The largest absolute Gasteiger partial charge is 0.359 e. The van der Waals surface area contributed by atoms with E-state index >= 15 is 0 Å². The maximum absolute atomic E-state index is 14.0. The van der Waals surface area contributed by atoms with Crippen molar-refractivity contribution in [2.45, 2.75) is 25.3 Å². The number of pyridine rings is 1. The first-order valence-electron chi connectivity index (χ1n) is 7.36. The zero-order valence-corrected chi connectivity index (χ0v) is 14.0. The Morgan fingerprint density at radius 2 is 2.04 bits per heavy atom. The Labute approximate surface area is 139 Å². The SMILES string of the molecule is CCc1c[nH]c2c(Nc3cc(C)cc(S(N)(=O)=O)n3)cc(F)cc12. The number of sulfonamides is 1.